The van der Waals surface area contributed by atoms with E-state index in [1.54, 1.807) is 25.3 Å². The molecule has 0 aliphatic rings. The van der Waals surface area contributed by atoms with Crippen molar-refractivity contribution in [1.29, 1.82) is 0 Å². The van der Waals surface area contributed by atoms with Gasteiger partial charge in [0, 0.05) is 12.2 Å². The zero-order valence-electron chi connectivity index (χ0n) is 16.1. The monoisotopic (exact) mass is 396 g/mol. The normalized spacial score (nSPS) is 9.86. The fraction of sp³-hybridized carbons (Fsp3) is 0.136. The highest BCUT2D eigenvalue weighted by molar-refractivity contribution is 5.93. The van der Waals surface area contributed by atoms with Gasteiger partial charge < -0.3 is 18.9 Å². The molecule has 2 aromatic rings. The molecule has 0 unspecified atom stereocenters. The Hall–Kier alpha value is -3.87. The zero-order chi connectivity index (χ0) is 21.4. The molecule has 0 aromatic heterocycles. The van der Waals surface area contributed by atoms with Gasteiger partial charge in [-0.15, -0.1) is 0 Å². The lowest BCUT2D eigenvalue weighted by Gasteiger charge is -2.12. The van der Waals surface area contributed by atoms with Gasteiger partial charge in [-0.05, 0) is 48.4 Å². The quantitative estimate of drug-likeness (QED) is 0.382. The van der Waals surface area contributed by atoms with Crippen LogP contribution in [0.3, 0.4) is 0 Å². The van der Waals surface area contributed by atoms with Crippen LogP contribution in [0.15, 0.2) is 61.7 Å². The summed E-state index contributed by atoms with van der Waals surface area (Å²) in [5, 5.41) is 0. The number of rotatable bonds is 8. The summed E-state index contributed by atoms with van der Waals surface area (Å²) in [4.78, 5) is 35.5. The van der Waals surface area contributed by atoms with Gasteiger partial charge in [0.25, 0.3) is 0 Å². The highest BCUT2D eigenvalue weighted by Gasteiger charge is 2.17. The first-order chi connectivity index (χ1) is 13.9. The van der Waals surface area contributed by atoms with Crippen molar-refractivity contribution in [3.05, 3.63) is 72.8 Å². The number of hydrogen-bond donors (Lipinski definition) is 0. The maximum atomic E-state index is 12.5. The number of carbonyl (C=O) groups excluding carboxylic acids is 3. The van der Waals surface area contributed by atoms with E-state index in [9.17, 15) is 14.4 Å². The first-order valence-electron chi connectivity index (χ1n) is 8.63. The molecule has 0 fully saturated rings. The Morgan fingerprint density at radius 3 is 2.07 bits per heavy atom. The van der Waals surface area contributed by atoms with Gasteiger partial charge in [-0.2, -0.15) is 0 Å². The van der Waals surface area contributed by atoms with Crippen molar-refractivity contribution in [3.8, 4) is 23.0 Å². The van der Waals surface area contributed by atoms with Gasteiger partial charge in [0.05, 0.1) is 12.7 Å². The molecule has 0 atom stereocenters. The second-order valence-electron chi connectivity index (χ2n) is 5.63. The molecule has 0 aliphatic carbocycles. The van der Waals surface area contributed by atoms with Crippen molar-refractivity contribution < 1.29 is 33.3 Å². The van der Waals surface area contributed by atoms with E-state index in [1.165, 1.54) is 18.2 Å². The predicted molar refractivity (Wildman–Crippen MR) is 105 cm³/mol. The van der Waals surface area contributed by atoms with Crippen LogP contribution in [-0.4, -0.2) is 25.0 Å². The Labute approximate surface area is 168 Å². The zero-order valence-corrected chi connectivity index (χ0v) is 16.1. The average molecular weight is 396 g/mol. The first kappa shape index (κ1) is 21.4. The fourth-order valence-electron chi connectivity index (χ4n) is 2.36. The SMILES string of the molecule is C=CC(=O)Oc1ccc(C(=O)Oc2ccc(OC)c(CC)c2)cc1OC(=O)C=C. The second-order valence-corrected chi connectivity index (χ2v) is 5.63. The minimum Gasteiger partial charge on any atom is -0.496 e. The van der Waals surface area contributed by atoms with Gasteiger partial charge in [-0.1, -0.05) is 20.1 Å². The smallest absolute Gasteiger partial charge is 0.343 e. The minimum absolute atomic E-state index is 0.0561. The molecule has 2 aromatic carbocycles. The molecule has 150 valence electrons. The van der Waals surface area contributed by atoms with E-state index in [4.69, 9.17) is 18.9 Å². The van der Waals surface area contributed by atoms with E-state index in [-0.39, 0.29) is 17.1 Å². The molecule has 0 saturated carbocycles. The Bertz CT molecular complexity index is 960. The van der Waals surface area contributed by atoms with Gasteiger partial charge in [0.2, 0.25) is 0 Å². The van der Waals surface area contributed by atoms with E-state index in [1.807, 2.05) is 6.92 Å². The third kappa shape index (κ3) is 5.55. The molecule has 0 saturated heterocycles. The minimum atomic E-state index is -0.783. The molecule has 29 heavy (non-hydrogen) atoms. The summed E-state index contributed by atoms with van der Waals surface area (Å²) in [6.45, 7) is 8.56. The Kier molecular flexibility index (Phi) is 7.31. The van der Waals surface area contributed by atoms with E-state index in [2.05, 4.69) is 13.2 Å². The summed E-state index contributed by atoms with van der Waals surface area (Å²) in [5.41, 5.74) is 0.967. The average Bonchev–Trinajstić information content (AvgIpc) is 2.74. The van der Waals surface area contributed by atoms with E-state index in [0.717, 1.165) is 17.7 Å². The van der Waals surface area contributed by atoms with E-state index < -0.39 is 17.9 Å². The van der Waals surface area contributed by atoms with Crippen LogP contribution in [0.5, 0.6) is 23.0 Å². The van der Waals surface area contributed by atoms with Crippen molar-refractivity contribution >= 4 is 17.9 Å². The lowest BCUT2D eigenvalue weighted by atomic mass is 10.1. The highest BCUT2D eigenvalue weighted by Crippen LogP contribution is 2.30. The number of aryl methyl sites for hydroxylation is 1. The third-order valence-electron chi connectivity index (χ3n) is 3.78. The van der Waals surface area contributed by atoms with Crippen LogP contribution >= 0.6 is 0 Å². The maximum Gasteiger partial charge on any atom is 0.343 e. The molecule has 7 nitrogen and oxygen atoms in total. The number of methoxy groups -OCH3 is 1. The van der Waals surface area contributed by atoms with E-state index in [0.29, 0.717) is 17.9 Å². The first-order valence-corrected chi connectivity index (χ1v) is 8.63. The fourth-order valence-corrected chi connectivity index (χ4v) is 2.36. The van der Waals surface area contributed by atoms with Crippen LogP contribution < -0.4 is 18.9 Å². The van der Waals surface area contributed by atoms with Crippen molar-refractivity contribution in [3.63, 3.8) is 0 Å². The van der Waals surface area contributed by atoms with Gasteiger partial charge in [-0.3, -0.25) is 0 Å². The standard InChI is InChI=1S/C22H20O7/c1-5-14-12-16(9-11-17(14)26-4)27-22(25)15-8-10-18(28-20(23)6-2)19(13-15)29-21(24)7-3/h6-13H,2-3,5H2,1,4H3. The second kappa shape index (κ2) is 9.89. The number of benzene rings is 2. The lowest BCUT2D eigenvalue weighted by molar-refractivity contribution is -0.131. The van der Waals surface area contributed by atoms with Crippen LogP contribution in [-0.2, 0) is 16.0 Å². The predicted octanol–water partition coefficient (Wildman–Crippen LogP) is 3.66. The van der Waals surface area contributed by atoms with Gasteiger partial charge in [0.15, 0.2) is 11.5 Å². The molecule has 0 radical (unpaired) electrons. The third-order valence-corrected chi connectivity index (χ3v) is 3.78. The number of hydrogen-bond acceptors (Lipinski definition) is 7. The number of carbonyl (C=O) groups is 3. The number of ether oxygens (including phenoxy) is 4. The van der Waals surface area contributed by atoms with Crippen LogP contribution in [0.25, 0.3) is 0 Å². The van der Waals surface area contributed by atoms with Crippen LogP contribution in [0.4, 0.5) is 0 Å². The summed E-state index contributed by atoms with van der Waals surface area (Å²) < 4.78 is 20.7. The van der Waals surface area contributed by atoms with Crippen LogP contribution in [0, 0.1) is 0 Å². The van der Waals surface area contributed by atoms with Crippen molar-refractivity contribution in [2.24, 2.45) is 0 Å². The molecular formula is C22H20O7. The topological polar surface area (TPSA) is 88.1 Å². The number of esters is 3. The highest BCUT2D eigenvalue weighted by atomic mass is 16.6. The molecular weight excluding hydrogens is 376 g/mol. The molecule has 0 heterocycles. The summed E-state index contributed by atoms with van der Waals surface area (Å²) in [6, 6.07) is 8.94. The largest absolute Gasteiger partial charge is 0.496 e. The molecule has 0 aliphatic heterocycles. The summed E-state index contributed by atoms with van der Waals surface area (Å²) in [5.74, 6) is -1.38. The van der Waals surface area contributed by atoms with Crippen molar-refractivity contribution in [2.75, 3.05) is 7.11 Å². The van der Waals surface area contributed by atoms with Crippen molar-refractivity contribution in [2.45, 2.75) is 13.3 Å². The molecule has 0 bridgehead atoms. The molecule has 0 amide bonds. The molecule has 2 rings (SSSR count). The lowest BCUT2D eigenvalue weighted by Crippen LogP contribution is -2.12. The molecule has 0 N–H and O–H groups in total. The van der Waals surface area contributed by atoms with E-state index >= 15 is 0 Å². The van der Waals surface area contributed by atoms with Gasteiger partial charge >= 0.3 is 17.9 Å². The van der Waals surface area contributed by atoms with Crippen LogP contribution in [0.1, 0.15) is 22.8 Å². The van der Waals surface area contributed by atoms with Crippen molar-refractivity contribution in [1.82, 2.24) is 0 Å². The molecule has 0 spiro atoms. The summed E-state index contributed by atoms with van der Waals surface area (Å²) in [7, 11) is 1.56. The Morgan fingerprint density at radius 1 is 0.862 bits per heavy atom. The maximum absolute atomic E-state index is 12.5. The Balaban J connectivity index is 2.30. The molecule has 7 heteroatoms. The van der Waals surface area contributed by atoms with Gasteiger partial charge in [0.1, 0.15) is 11.5 Å². The summed E-state index contributed by atoms with van der Waals surface area (Å²) in [6.07, 6.45) is 2.59. The Morgan fingerprint density at radius 2 is 1.48 bits per heavy atom. The van der Waals surface area contributed by atoms with Crippen LogP contribution in [0.2, 0.25) is 0 Å². The summed E-state index contributed by atoms with van der Waals surface area (Å²) >= 11 is 0. The van der Waals surface area contributed by atoms with Gasteiger partial charge in [-0.25, -0.2) is 14.4 Å².